The molecule has 1 aromatic rings. The van der Waals surface area contributed by atoms with Gasteiger partial charge in [0.25, 0.3) is 6.43 Å². The van der Waals surface area contributed by atoms with Crippen LogP contribution in [0.1, 0.15) is 11.6 Å². The first-order chi connectivity index (χ1) is 9.02. The lowest BCUT2D eigenvalue weighted by Gasteiger charge is -2.34. The quantitative estimate of drug-likeness (QED) is 0.664. The van der Waals surface area contributed by atoms with E-state index in [1.807, 2.05) is 0 Å². The molecule has 1 atom stereocenters. The summed E-state index contributed by atoms with van der Waals surface area (Å²) in [6.07, 6.45) is -2.88. The highest BCUT2D eigenvalue weighted by molar-refractivity contribution is 5.85. The van der Waals surface area contributed by atoms with Gasteiger partial charge in [0.2, 0.25) is 0 Å². The van der Waals surface area contributed by atoms with E-state index in [9.17, 15) is 22.0 Å². The summed E-state index contributed by atoms with van der Waals surface area (Å²) in [5.74, 6) is -4.63. The van der Waals surface area contributed by atoms with E-state index in [1.54, 1.807) is 0 Å². The molecule has 1 N–H and O–H groups in total. The number of halogens is 7. The number of alkyl halides is 2. The SMILES string of the molecule is Cl.Cl.Fc1ccc([C@H](C(F)F)N2CCNCC2)c(F)c1F. The molecular formula is C12H15Cl2F5N2. The second kappa shape index (κ2) is 8.73. The third-order valence-electron chi connectivity index (χ3n) is 3.17. The van der Waals surface area contributed by atoms with Gasteiger partial charge in [-0.3, -0.25) is 4.90 Å². The van der Waals surface area contributed by atoms with E-state index in [0.29, 0.717) is 32.2 Å². The van der Waals surface area contributed by atoms with Gasteiger partial charge in [-0.25, -0.2) is 22.0 Å². The molecule has 0 aromatic heterocycles. The molecule has 21 heavy (non-hydrogen) atoms. The zero-order valence-electron chi connectivity index (χ0n) is 10.8. The van der Waals surface area contributed by atoms with Crippen molar-refractivity contribution in [2.24, 2.45) is 0 Å². The highest BCUT2D eigenvalue weighted by Crippen LogP contribution is 2.31. The van der Waals surface area contributed by atoms with Crippen molar-refractivity contribution in [3.63, 3.8) is 0 Å². The van der Waals surface area contributed by atoms with Gasteiger partial charge in [0.05, 0.1) is 6.04 Å². The van der Waals surface area contributed by atoms with E-state index in [4.69, 9.17) is 0 Å². The van der Waals surface area contributed by atoms with Gasteiger partial charge in [-0.05, 0) is 6.07 Å². The first-order valence-corrected chi connectivity index (χ1v) is 5.88. The number of rotatable bonds is 3. The van der Waals surface area contributed by atoms with Gasteiger partial charge >= 0.3 is 0 Å². The minimum atomic E-state index is -2.88. The molecule has 0 aliphatic carbocycles. The summed E-state index contributed by atoms with van der Waals surface area (Å²) in [5, 5.41) is 2.98. The van der Waals surface area contributed by atoms with Gasteiger partial charge in [0.15, 0.2) is 17.5 Å². The largest absolute Gasteiger partial charge is 0.314 e. The van der Waals surface area contributed by atoms with E-state index < -0.39 is 35.5 Å². The molecular weight excluding hydrogens is 338 g/mol. The van der Waals surface area contributed by atoms with Crippen LogP contribution >= 0.6 is 24.8 Å². The Hall–Kier alpha value is -0.630. The van der Waals surface area contributed by atoms with Gasteiger partial charge in [-0.1, -0.05) is 6.07 Å². The van der Waals surface area contributed by atoms with Crippen molar-refractivity contribution in [1.82, 2.24) is 10.2 Å². The zero-order chi connectivity index (χ0) is 14.0. The second-order valence-corrected chi connectivity index (χ2v) is 4.33. The molecule has 1 heterocycles. The van der Waals surface area contributed by atoms with E-state index in [0.717, 1.165) is 6.07 Å². The van der Waals surface area contributed by atoms with Crippen molar-refractivity contribution in [3.8, 4) is 0 Å². The Kier molecular flexibility index (Phi) is 8.46. The fourth-order valence-corrected chi connectivity index (χ4v) is 2.22. The van der Waals surface area contributed by atoms with Gasteiger partial charge in [0.1, 0.15) is 0 Å². The molecule has 122 valence electrons. The Labute approximate surface area is 131 Å². The molecule has 0 radical (unpaired) electrons. The predicted molar refractivity (Wildman–Crippen MR) is 74.0 cm³/mol. The number of benzene rings is 1. The van der Waals surface area contributed by atoms with Crippen molar-refractivity contribution >= 4 is 24.8 Å². The summed E-state index contributed by atoms with van der Waals surface area (Å²) < 4.78 is 65.9. The summed E-state index contributed by atoms with van der Waals surface area (Å²) in [5.41, 5.74) is -0.504. The second-order valence-electron chi connectivity index (χ2n) is 4.33. The molecule has 1 aliphatic heterocycles. The lowest BCUT2D eigenvalue weighted by Crippen LogP contribution is -2.47. The molecule has 2 nitrogen and oxygen atoms in total. The van der Waals surface area contributed by atoms with Crippen LogP contribution < -0.4 is 5.32 Å². The molecule has 1 aromatic carbocycles. The van der Waals surface area contributed by atoms with Crippen LogP contribution in [0.15, 0.2) is 12.1 Å². The van der Waals surface area contributed by atoms with Gasteiger partial charge in [0, 0.05) is 31.7 Å². The van der Waals surface area contributed by atoms with Crippen LogP contribution in [0.3, 0.4) is 0 Å². The molecule has 0 saturated carbocycles. The summed E-state index contributed by atoms with van der Waals surface area (Å²) in [7, 11) is 0. The van der Waals surface area contributed by atoms with Gasteiger partial charge in [-0.15, -0.1) is 24.8 Å². The monoisotopic (exact) mass is 352 g/mol. The Morgan fingerprint density at radius 1 is 0.952 bits per heavy atom. The molecule has 0 unspecified atom stereocenters. The molecule has 1 fully saturated rings. The van der Waals surface area contributed by atoms with Crippen molar-refractivity contribution in [3.05, 3.63) is 35.1 Å². The molecule has 0 bridgehead atoms. The van der Waals surface area contributed by atoms with Crippen LogP contribution in [0, 0.1) is 17.5 Å². The first-order valence-electron chi connectivity index (χ1n) is 5.88. The Bertz CT molecular complexity index is 456. The molecule has 0 amide bonds. The fraction of sp³-hybridized carbons (Fsp3) is 0.500. The maximum atomic E-state index is 13.6. The van der Waals surface area contributed by atoms with Gasteiger partial charge < -0.3 is 5.32 Å². The number of hydrogen-bond donors (Lipinski definition) is 1. The third-order valence-corrected chi connectivity index (χ3v) is 3.17. The minimum Gasteiger partial charge on any atom is -0.314 e. The molecule has 0 spiro atoms. The lowest BCUT2D eigenvalue weighted by molar-refractivity contribution is 0.0160. The average molecular weight is 353 g/mol. The maximum Gasteiger partial charge on any atom is 0.258 e. The average Bonchev–Trinajstić information content (AvgIpc) is 2.40. The third kappa shape index (κ3) is 4.42. The Morgan fingerprint density at radius 3 is 2.05 bits per heavy atom. The topological polar surface area (TPSA) is 15.3 Å². The molecule has 9 heteroatoms. The minimum absolute atomic E-state index is 0. The van der Waals surface area contributed by atoms with E-state index >= 15 is 0 Å². The number of hydrogen-bond acceptors (Lipinski definition) is 2. The van der Waals surface area contributed by atoms with E-state index in [2.05, 4.69) is 5.32 Å². The van der Waals surface area contributed by atoms with Crippen LogP contribution in [0.4, 0.5) is 22.0 Å². The standard InChI is InChI=1S/C12H13F5N2.2ClH/c13-8-2-1-7(9(14)10(8)15)11(12(16)17)19-5-3-18-4-6-19;;/h1-2,11-12,18H,3-6H2;2*1H/t11-;;/m1../s1. The number of nitrogens with zero attached hydrogens (tertiary/aromatic N) is 1. The number of nitrogens with one attached hydrogen (secondary N) is 1. The summed E-state index contributed by atoms with van der Waals surface area (Å²) in [4.78, 5) is 1.37. The van der Waals surface area contributed by atoms with Crippen LogP contribution in [-0.4, -0.2) is 37.5 Å². The van der Waals surface area contributed by atoms with Crippen LogP contribution in [0.25, 0.3) is 0 Å². The summed E-state index contributed by atoms with van der Waals surface area (Å²) in [6, 6.07) is -0.00465. The van der Waals surface area contributed by atoms with Crippen LogP contribution in [-0.2, 0) is 0 Å². The molecule has 1 saturated heterocycles. The molecule has 1 aliphatic rings. The smallest absolute Gasteiger partial charge is 0.258 e. The highest BCUT2D eigenvalue weighted by Gasteiger charge is 2.33. The zero-order valence-corrected chi connectivity index (χ0v) is 12.4. The predicted octanol–water partition coefficient (Wildman–Crippen LogP) is 3.16. The van der Waals surface area contributed by atoms with E-state index in [1.165, 1.54) is 4.90 Å². The van der Waals surface area contributed by atoms with Crippen molar-refractivity contribution in [2.75, 3.05) is 26.2 Å². The number of piperazine rings is 1. The Balaban J connectivity index is 0.00000200. The fourth-order valence-electron chi connectivity index (χ4n) is 2.22. The summed E-state index contributed by atoms with van der Waals surface area (Å²) >= 11 is 0. The van der Waals surface area contributed by atoms with Crippen molar-refractivity contribution in [2.45, 2.75) is 12.5 Å². The van der Waals surface area contributed by atoms with E-state index in [-0.39, 0.29) is 24.8 Å². The Morgan fingerprint density at radius 2 is 1.52 bits per heavy atom. The maximum absolute atomic E-state index is 13.6. The van der Waals surface area contributed by atoms with Crippen molar-refractivity contribution < 1.29 is 22.0 Å². The van der Waals surface area contributed by atoms with Crippen molar-refractivity contribution in [1.29, 1.82) is 0 Å². The van der Waals surface area contributed by atoms with Crippen LogP contribution in [0.5, 0.6) is 0 Å². The molecule has 2 rings (SSSR count). The van der Waals surface area contributed by atoms with Gasteiger partial charge in [-0.2, -0.15) is 0 Å². The summed E-state index contributed by atoms with van der Waals surface area (Å²) in [6.45, 7) is 1.59. The lowest BCUT2D eigenvalue weighted by atomic mass is 10.0. The highest BCUT2D eigenvalue weighted by atomic mass is 35.5. The first kappa shape index (κ1) is 20.4. The van der Waals surface area contributed by atoms with Crippen LogP contribution in [0.2, 0.25) is 0 Å². The normalized spacial score (nSPS) is 17.0.